The summed E-state index contributed by atoms with van der Waals surface area (Å²) < 4.78 is 19.1. The van der Waals surface area contributed by atoms with Crippen molar-refractivity contribution < 1.29 is 13.9 Å². The number of nitrogens with zero attached hydrogens (tertiary/aromatic N) is 1. The summed E-state index contributed by atoms with van der Waals surface area (Å²) in [5.74, 6) is 0.218. The van der Waals surface area contributed by atoms with Crippen LogP contribution in [0.5, 0.6) is 0 Å². The van der Waals surface area contributed by atoms with Crippen molar-refractivity contribution in [1.29, 1.82) is 0 Å². The quantitative estimate of drug-likeness (QED) is 0.907. The molecule has 4 nitrogen and oxygen atoms in total. The van der Waals surface area contributed by atoms with Gasteiger partial charge in [-0.2, -0.15) is 0 Å². The van der Waals surface area contributed by atoms with Gasteiger partial charge < -0.3 is 15.0 Å². The number of hydrogen-bond acceptors (Lipinski definition) is 3. The number of carbonyl (C=O) groups excluding carboxylic acids is 1. The molecule has 1 aliphatic rings. The summed E-state index contributed by atoms with van der Waals surface area (Å²) in [5.41, 5.74) is 1.13. The van der Waals surface area contributed by atoms with E-state index in [9.17, 15) is 9.18 Å². The van der Waals surface area contributed by atoms with Gasteiger partial charge in [0.05, 0.1) is 5.69 Å². The summed E-state index contributed by atoms with van der Waals surface area (Å²) >= 11 is 0. The van der Waals surface area contributed by atoms with Crippen LogP contribution in [0, 0.1) is 18.7 Å². The summed E-state index contributed by atoms with van der Waals surface area (Å²) in [7, 11) is 0. The number of anilines is 1. The molecule has 0 atom stereocenters. The lowest BCUT2D eigenvalue weighted by Gasteiger charge is -2.33. The largest absolute Gasteiger partial charge is 0.444 e. The Morgan fingerprint density at radius 1 is 1.35 bits per heavy atom. The van der Waals surface area contributed by atoms with Crippen molar-refractivity contribution in [1.82, 2.24) is 4.90 Å². The number of halogens is 1. The SMILES string of the molecule is Cc1ccc(F)c(NCC2CCN(C(=O)OC(C)(C)C)CC2)c1. The summed E-state index contributed by atoms with van der Waals surface area (Å²) in [5, 5.41) is 3.20. The Labute approximate surface area is 138 Å². The fraction of sp³-hybridized carbons (Fsp3) is 0.611. The maximum absolute atomic E-state index is 13.7. The topological polar surface area (TPSA) is 41.6 Å². The Morgan fingerprint density at radius 2 is 2.00 bits per heavy atom. The molecule has 0 unspecified atom stereocenters. The van der Waals surface area contributed by atoms with Gasteiger partial charge in [0.2, 0.25) is 0 Å². The van der Waals surface area contributed by atoms with Gasteiger partial charge >= 0.3 is 6.09 Å². The average molecular weight is 322 g/mol. The van der Waals surface area contributed by atoms with Crippen molar-refractivity contribution in [3.8, 4) is 0 Å². The zero-order valence-corrected chi connectivity index (χ0v) is 14.5. The van der Waals surface area contributed by atoms with Crippen molar-refractivity contribution >= 4 is 11.8 Å². The molecule has 23 heavy (non-hydrogen) atoms. The molecule has 0 saturated carbocycles. The molecule has 0 aliphatic carbocycles. The molecule has 1 saturated heterocycles. The highest BCUT2D eigenvalue weighted by Crippen LogP contribution is 2.22. The standard InChI is InChI=1S/C18H27FN2O2/c1-13-5-6-15(19)16(11-13)20-12-14-7-9-21(10-8-14)17(22)23-18(2,3)4/h5-6,11,14,20H,7-10,12H2,1-4H3. The number of ether oxygens (including phenoxy) is 1. The zero-order chi connectivity index (χ0) is 17.0. The number of piperidine rings is 1. The summed E-state index contributed by atoms with van der Waals surface area (Å²) in [4.78, 5) is 13.8. The predicted molar refractivity (Wildman–Crippen MR) is 90.2 cm³/mol. The van der Waals surface area contributed by atoms with Crippen molar-refractivity contribution in [3.63, 3.8) is 0 Å². The normalized spacial score (nSPS) is 16.3. The first-order valence-electron chi connectivity index (χ1n) is 8.22. The molecule has 1 fully saturated rings. The van der Waals surface area contributed by atoms with Gasteiger partial charge in [0, 0.05) is 19.6 Å². The van der Waals surface area contributed by atoms with Gasteiger partial charge in [0.15, 0.2) is 0 Å². The molecule has 1 N–H and O–H groups in total. The predicted octanol–water partition coefficient (Wildman–Crippen LogP) is 4.19. The number of hydrogen-bond donors (Lipinski definition) is 1. The van der Waals surface area contributed by atoms with Gasteiger partial charge in [-0.05, 0) is 64.2 Å². The molecule has 5 heteroatoms. The number of carbonyl (C=O) groups is 1. The number of amides is 1. The summed E-state index contributed by atoms with van der Waals surface area (Å²) in [6.07, 6.45) is 1.56. The highest BCUT2D eigenvalue weighted by Gasteiger charge is 2.26. The third-order valence-electron chi connectivity index (χ3n) is 3.97. The van der Waals surface area contributed by atoms with E-state index >= 15 is 0 Å². The molecule has 0 aromatic heterocycles. The molecule has 1 aromatic carbocycles. The van der Waals surface area contributed by atoms with E-state index in [1.54, 1.807) is 11.0 Å². The summed E-state index contributed by atoms with van der Waals surface area (Å²) in [6, 6.07) is 5.08. The van der Waals surface area contributed by atoms with E-state index in [0.717, 1.165) is 24.9 Å². The average Bonchev–Trinajstić information content (AvgIpc) is 2.47. The molecular weight excluding hydrogens is 295 g/mol. The molecule has 1 aromatic rings. The second-order valence-corrected chi connectivity index (χ2v) is 7.27. The van der Waals surface area contributed by atoms with Crippen LogP contribution in [0.1, 0.15) is 39.2 Å². The summed E-state index contributed by atoms with van der Waals surface area (Å²) in [6.45, 7) is 9.68. The lowest BCUT2D eigenvalue weighted by atomic mass is 9.97. The molecule has 2 rings (SSSR count). The Bertz CT molecular complexity index is 546. The van der Waals surface area contributed by atoms with E-state index < -0.39 is 5.60 Å². The number of benzene rings is 1. The van der Waals surface area contributed by atoms with Crippen LogP contribution in [-0.2, 0) is 4.74 Å². The Kier molecular flexibility index (Phi) is 5.50. The maximum atomic E-state index is 13.7. The van der Waals surface area contributed by atoms with Gasteiger partial charge in [-0.25, -0.2) is 9.18 Å². The van der Waals surface area contributed by atoms with E-state index in [-0.39, 0.29) is 11.9 Å². The molecule has 1 aliphatic heterocycles. The Morgan fingerprint density at radius 3 is 2.61 bits per heavy atom. The first-order valence-corrected chi connectivity index (χ1v) is 8.22. The van der Waals surface area contributed by atoms with Crippen LogP contribution in [0.4, 0.5) is 14.9 Å². The molecular formula is C18H27FN2O2. The third kappa shape index (κ3) is 5.41. The second kappa shape index (κ2) is 7.20. The third-order valence-corrected chi connectivity index (χ3v) is 3.97. The minimum Gasteiger partial charge on any atom is -0.444 e. The fourth-order valence-corrected chi connectivity index (χ4v) is 2.68. The highest BCUT2D eigenvalue weighted by atomic mass is 19.1. The molecule has 1 heterocycles. The van der Waals surface area contributed by atoms with Gasteiger partial charge in [-0.1, -0.05) is 6.07 Å². The minimum absolute atomic E-state index is 0.221. The molecule has 0 radical (unpaired) electrons. The van der Waals surface area contributed by atoms with Crippen LogP contribution >= 0.6 is 0 Å². The molecule has 0 bridgehead atoms. The number of likely N-dealkylation sites (tertiary alicyclic amines) is 1. The molecule has 1 amide bonds. The number of rotatable bonds is 3. The zero-order valence-electron chi connectivity index (χ0n) is 14.5. The van der Waals surface area contributed by atoms with Crippen LogP contribution < -0.4 is 5.32 Å². The lowest BCUT2D eigenvalue weighted by Crippen LogP contribution is -2.42. The lowest BCUT2D eigenvalue weighted by molar-refractivity contribution is 0.0188. The van der Waals surface area contributed by atoms with Crippen LogP contribution in [0.3, 0.4) is 0 Å². The molecule has 128 valence electrons. The van der Waals surface area contributed by atoms with Crippen LogP contribution in [0.25, 0.3) is 0 Å². The highest BCUT2D eigenvalue weighted by molar-refractivity contribution is 5.68. The number of nitrogens with one attached hydrogen (secondary N) is 1. The van der Waals surface area contributed by atoms with Crippen molar-refractivity contribution in [2.24, 2.45) is 5.92 Å². The van der Waals surface area contributed by atoms with Crippen molar-refractivity contribution in [2.75, 3.05) is 25.0 Å². The van der Waals surface area contributed by atoms with Crippen molar-refractivity contribution in [3.05, 3.63) is 29.6 Å². The maximum Gasteiger partial charge on any atom is 0.410 e. The van der Waals surface area contributed by atoms with E-state index in [2.05, 4.69) is 5.32 Å². The Balaban J connectivity index is 1.79. The van der Waals surface area contributed by atoms with Gasteiger partial charge in [-0.3, -0.25) is 0 Å². The monoisotopic (exact) mass is 322 g/mol. The van der Waals surface area contributed by atoms with E-state index in [1.165, 1.54) is 6.07 Å². The van der Waals surface area contributed by atoms with E-state index in [4.69, 9.17) is 4.74 Å². The fourth-order valence-electron chi connectivity index (χ4n) is 2.68. The number of aryl methyl sites for hydroxylation is 1. The van der Waals surface area contributed by atoms with Crippen LogP contribution in [0.15, 0.2) is 18.2 Å². The first kappa shape index (κ1) is 17.6. The van der Waals surface area contributed by atoms with Crippen molar-refractivity contribution in [2.45, 2.75) is 46.1 Å². The van der Waals surface area contributed by atoms with Gasteiger partial charge in [0.25, 0.3) is 0 Å². The second-order valence-electron chi connectivity index (χ2n) is 7.27. The minimum atomic E-state index is -0.460. The first-order chi connectivity index (χ1) is 10.7. The van der Waals surface area contributed by atoms with Crippen LogP contribution in [0.2, 0.25) is 0 Å². The van der Waals surface area contributed by atoms with E-state index in [0.29, 0.717) is 24.7 Å². The Hall–Kier alpha value is -1.78. The van der Waals surface area contributed by atoms with Crippen LogP contribution in [-0.4, -0.2) is 36.2 Å². The molecule has 0 spiro atoms. The van der Waals surface area contributed by atoms with Gasteiger partial charge in [0.1, 0.15) is 11.4 Å². The van der Waals surface area contributed by atoms with Gasteiger partial charge in [-0.15, -0.1) is 0 Å². The van der Waals surface area contributed by atoms with E-state index in [1.807, 2.05) is 33.8 Å². The smallest absolute Gasteiger partial charge is 0.410 e.